The summed E-state index contributed by atoms with van der Waals surface area (Å²) in [6.07, 6.45) is 1.13. The predicted octanol–water partition coefficient (Wildman–Crippen LogP) is 0.304. The molecule has 0 radical (unpaired) electrons. The summed E-state index contributed by atoms with van der Waals surface area (Å²) in [7, 11) is 0. The van der Waals surface area contributed by atoms with Gasteiger partial charge >= 0.3 is 5.97 Å². The normalized spacial score (nSPS) is 23.3. The van der Waals surface area contributed by atoms with Gasteiger partial charge in [0.25, 0.3) is 5.91 Å². The monoisotopic (exact) mass is 252 g/mol. The average Bonchev–Trinajstić information content (AvgIpc) is 2.95. The second kappa shape index (κ2) is 4.40. The summed E-state index contributed by atoms with van der Waals surface area (Å²) in [5, 5.41) is 15.6. The van der Waals surface area contributed by atoms with Crippen LogP contribution >= 0.6 is 0 Å². The molecule has 2 N–H and O–H groups in total. The first-order valence-electron chi connectivity index (χ1n) is 5.90. The third-order valence-corrected chi connectivity index (χ3v) is 3.33. The maximum Gasteiger partial charge on any atom is 0.311 e. The molecule has 2 heterocycles. The number of aliphatic carboxylic acids is 1. The number of carbonyl (C=O) groups is 2. The van der Waals surface area contributed by atoms with E-state index in [0.29, 0.717) is 25.2 Å². The maximum atomic E-state index is 12.1. The van der Waals surface area contributed by atoms with Crippen LogP contribution < -0.4 is 0 Å². The first kappa shape index (κ1) is 12.5. The van der Waals surface area contributed by atoms with Gasteiger partial charge in [0.1, 0.15) is 5.82 Å². The molecule has 0 saturated carbocycles. The lowest BCUT2D eigenvalue weighted by Crippen LogP contribution is -2.35. The van der Waals surface area contributed by atoms with E-state index < -0.39 is 11.4 Å². The fourth-order valence-electron chi connectivity index (χ4n) is 2.00. The van der Waals surface area contributed by atoms with E-state index in [0.717, 1.165) is 0 Å². The summed E-state index contributed by atoms with van der Waals surface area (Å²) in [6, 6.07) is 0. The highest BCUT2D eigenvalue weighted by Crippen LogP contribution is 2.30. The topological polar surface area (TPSA) is 99.2 Å². The van der Waals surface area contributed by atoms with Gasteiger partial charge in [-0.3, -0.25) is 14.7 Å². The van der Waals surface area contributed by atoms with Crippen molar-refractivity contribution in [2.75, 3.05) is 13.1 Å². The molecular weight excluding hydrogens is 236 g/mol. The van der Waals surface area contributed by atoms with Crippen LogP contribution in [0.2, 0.25) is 0 Å². The van der Waals surface area contributed by atoms with Gasteiger partial charge in [0.15, 0.2) is 0 Å². The number of carbonyl (C=O) groups excluding carboxylic acids is 1. The Bertz CT molecular complexity index is 484. The van der Waals surface area contributed by atoms with Gasteiger partial charge in [-0.1, -0.05) is 6.92 Å². The number of H-pyrrole nitrogens is 1. The van der Waals surface area contributed by atoms with Gasteiger partial charge in [-0.25, -0.2) is 4.98 Å². The number of aryl methyl sites for hydroxylation is 1. The molecule has 1 atom stereocenters. The summed E-state index contributed by atoms with van der Waals surface area (Å²) in [6.45, 7) is 4.19. The van der Waals surface area contributed by atoms with Crippen molar-refractivity contribution in [1.29, 1.82) is 0 Å². The Morgan fingerprint density at radius 2 is 2.28 bits per heavy atom. The van der Waals surface area contributed by atoms with Crippen LogP contribution in [0, 0.1) is 5.41 Å². The number of rotatable bonds is 3. The van der Waals surface area contributed by atoms with E-state index in [1.54, 1.807) is 6.92 Å². The molecule has 1 amide bonds. The summed E-state index contributed by atoms with van der Waals surface area (Å²) in [5.74, 6) is -0.419. The van der Waals surface area contributed by atoms with Crippen molar-refractivity contribution in [2.24, 2.45) is 5.41 Å². The van der Waals surface area contributed by atoms with Crippen molar-refractivity contribution in [3.63, 3.8) is 0 Å². The first-order valence-corrected chi connectivity index (χ1v) is 5.90. The van der Waals surface area contributed by atoms with Gasteiger partial charge in [-0.05, 0) is 13.3 Å². The van der Waals surface area contributed by atoms with Crippen LogP contribution in [-0.4, -0.2) is 50.2 Å². The van der Waals surface area contributed by atoms with Crippen molar-refractivity contribution in [1.82, 2.24) is 20.1 Å². The SMILES string of the molecule is CCc1nc(C(=O)N2CCC(C)(C(=O)O)C2)n[nH]1. The van der Waals surface area contributed by atoms with Gasteiger partial charge in [-0.2, -0.15) is 0 Å². The molecule has 1 aliphatic heterocycles. The molecule has 0 spiro atoms. The Morgan fingerprint density at radius 1 is 1.56 bits per heavy atom. The van der Waals surface area contributed by atoms with Crippen molar-refractivity contribution < 1.29 is 14.7 Å². The number of nitrogens with one attached hydrogen (secondary N) is 1. The van der Waals surface area contributed by atoms with Gasteiger partial charge in [-0.15, -0.1) is 5.10 Å². The Labute approximate surface area is 104 Å². The minimum atomic E-state index is -0.873. The summed E-state index contributed by atoms with van der Waals surface area (Å²) in [4.78, 5) is 28.7. The van der Waals surface area contributed by atoms with Crippen LogP contribution in [0.15, 0.2) is 0 Å². The molecule has 1 fully saturated rings. The van der Waals surface area contributed by atoms with Crippen LogP contribution in [0.5, 0.6) is 0 Å². The zero-order valence-corrected chi connectivity index (χ0v) is 10.4. The number of carboxylic acids is 1. The third-order valence-electron chi connectivity index (χ3n) is 3.33. The van der Waals surface area contributed by atoms with E-state index in [1.165, 1.54) is 4.90 Å². The van der Waals surface area contributed by atoms with Gasteiger partial charge < -0.3 is 10.0 Å². The second-order valence-electron chi connectivity index (χ2n) is 4.80. The standard InChI is InChI=1S/C11H16N4O3/c1-3-7-12-8(14-13-7)9(16)15-5-4-11(2,6-15)10(17)18/h3-6H2,1-2H3,(H,17,18)(H,12,13,14). The summed E-state index contributed by atoms with van der Waals surface area (Å²) in [5.41, 5.74) is -0.862. The van der Waals surface area contributed by atoms with Gasteiger partial charge in [0.2, 0.25) is 5.82 Å². The molecule has 0 aromatic carbocycles. The van der Waals surface area contributed by atoms with Crippen molar-refractivity contribution in [2.45, 2.75) is 26.7 Å². The molecule has 0 aliphatic carbocycles. The van der Waals surface area contributed by atoms with Crippen LogP contribution in [0.4, 0.5) is 0 Å². The summed E-state index contributed by atoms with van der Waals surface area (Å²) >= 11 is 0. The summed E-state index contributed by atoms with van der Waals surface area (Å²) < 4.78 is 0. The molecule has 2 rings (SSSR count). The number of aromatic amines is 1. The highest BCUT2D eigenvalue weighted by atomic mass is 16.4. The smallest absolute Gasteiger partial charge is 0.311 e. The average molecular weight is 252 g/mol. The molecule has 1 aliphatic rings. The zero-order chi connectivity index (χ0) is 13.3. The molecule has 1 aromatic heterocycles. The quantitative estimate of drug-likeness (QED) is 0.806. The number of amides is 1. The molecule has 7 heteroatoms. The van der Waals surface area contributed by atoms with E-state index in [1.807, 2.05) is 6.92 Å². The number of carboxylic acid groups (broad SMARTS) is 1. The zero-order valence-electron chi connectivity index (χ0n) is 10.4. The molecular formula is C11H16N4O3. The molecule has 1 aromatic rings. The number of likely N-dealkylation sites (tertiary alicyclic amines) is 1. The maximum absolute atomic E-state index is 12.1. The first-order chi connectivity index (χ1) is 8.46. The van der Waals surface area contributed by atoms with Gasteiger partial charge in [0, 0.05) is 19.5 Å². The van der Waals surface area contributed by atoms with Crippen LogP contribution in [0.25, 0.3) is 0 Å². The minimum absolute atomic E-state index is 0.112. The van der Waals surface area contributed by atoms with Crippen LogP contribution in [0.1, 0.15) is 36.7 Å². The van der Waals surface area contributed by atoms with Crippen molar-refractivity contribution in [3.8, 4) is 0 Å². The highest BCUT2D eigenvalue weighted by molar-refractivity contribution is 5.91. The largest absolute Gasteiger partial charge is 0.481 e. The predicted molar refractivity (Wildman–Crippen MR) is 62.0 cm³/mol. The lowest BCUT2D eigenvalue weighted by atomic mass is 9.90. The minimum Gasteiger partial charge on any atom is -0.481 e. The van der Waals surface area contributed by atoms with Crippen molar-refractivity contribution >= 4 is 11.9 Å². The van der Waals surface area contributed by atoms with Crippen LogP contribution in [-0.2, 0) is 11.2 Å². The highest BCUT2D eigenvalue weighted by Gasteiger charge is 2.42. The van der Waals surface area contributed by atoms with E-state index in [2.05, 4.69) is 15.2 Å². The Balaban J connectivity index is 2.10. The molecule has 1 unspecified atom stereocenters. The Morgan fingerprint density at radius 3 is 2.78 bits per heavy atom. The molecule has 7 nitrogen and oxygen atoms in total. The van der Waals surface area contributed by atoms with E-state index >= 15 is 0 Å². The number of nitrogens with zero attached hydrogens (tertiary/aromatic N) is 3. The molecule has 98 valence electrons. The van der Waals surface area contributed by atoms with Gasteiger partial charge in [0.05, 0.1) is 5.41 Å². The number of aromatic nitrogens is 3. The van der Waals surface area contributed by atoms with Crippen molar-refractivity contribution in [3.05, 3.63) is 11.6 Å². The molecule has 0 bridgehead atoms. The third kappa shape index (κ3) is 2.07. The van der Waals surface area contributed by atoms with E-state index in [4.69, 9.17) is 5.11 Å². The molecule has 1 saturated heterocycles. The lowest BCUT2D eigenvalue weighted by Gasteiger charge is -2.18. The molecule has 18 heavy (non-hydrogen) atoms. The van der Waals surface area contributed by atoms with Crippen LogP contribution in [0.3, 0.4) is 0 Å². The Kier molecular flexibility index (Phi) is 3.06. The van der Waals surface area contributed by atoms with E-state index in [-0.39, 0.29) is 18.3 Å². The van der Waals surface area contributed by atoms with E-state index in [9.17, 15) is 9.59 Å². The number of hydrogen-bond acceptors (Lipinski definition) is 4. The lowest BCUT2D eigenvalue weighted by molar-refractivity contribution is -0.147. The Hall–Kier alpha value is -1.92. The fraction of sp³-hybridized carbons (Fsp3) is 0.636. The number of hydrogen-bond donors (Lipinski definition) is 2. The fourth-order valence-corrected chi connectivity index (χ4v) is 2.00. The second-order valence-corrected chi connectivity index (χ2v) is 4.80.